The van der Waals surface area contributed by atoms with Crippen LogP contribution in [-0.4, -0.2) is 43.7 Å². The monoisotopic (exact) mass is 265 g/mol. The molecule has 1 aromatic heterocycles. The van der Waals surface area contributed by atoms with Crippen LogP contribution < -0.4 is 10.1 Å². The number of methoxy groups -OCH3 is 1. The third-order valence-corrected chi connectivity index (χ3v) is 2.93. The molecule has 0 aliphatic carbocycles. The van der Waals surface area contributed by atoms with Gasteiger partial charge in [0.15, 0.2) is 5.75 Å². The summed E-state index contributed by atoms with van der Waals surface area (Å²) in [5, 5.41) is 3.60. The van der Waals surface area contributed by atoms with E-state index in [2.05, 4.69) is 43.1 Å². The molecule has 0 aliphatic heterocycles. The van der Waals surface area contributed by atoms with Gasteiger partial charge in [0.1, 0.15) is 0 Å². The van der Waals surface area contributed by atoms with E-state index in [1.54, 1.807) is 13.3 Å². The molecule has 108 valence electrons. The van der Waals surface area contributed by atoms with Gasteiger partial charge in [0.05, 0.1) is 19.0 Å². The van der Waals surface area contributed by atoms with E-state index in [1.807, 2.05) is 13.0 Å². The number of nitrogens with zero attached hydrogens (tertiary/aromatic N) is 2. The summed E-state index contributed by atoms with van der Waals surface area (Å²) in [7, 11) is 5.88. The minimum atomic E-state index is 0.408. The van der Waals surface area contributed by atoms with E-state index in [4.69, 9.17) is 4.74 Å². The van der Waals surface area contributed by atoms with Gasteiger partial charge in [0, 0.05) is 18.3 Å². The predicted molar refractivity (Wildman–Crippen MR) is 80.9 cm³/mol. The number of anilines is 1. The van der Waals surface area contributed by atoms with Crippen molar-refractivity contribution in [2.45, 2.75) is 33.2 Å². The molecule has 4 heteroatoms. The second-order valence-electron chi connectivity index (χ2n) is 5.76. The summed E-state index contributed by atoms with van der Waals surface area (Å²) in [6.07, 6.45) is 2.91. The third kappa shape index (κ3) is 5.47. The van der Waals surface area contributed by atoms with Gasteiger partial charge in [0.25, 0.3) is 0 Å². The molecule has 1 heterocycles. The van der Waals surface area contributed by atoms with Gasteiger partial charge < -0.3 is 15.0 Å². The summed E-state index contributed by atoms with van der Waals surface area (Å²) in [5.41, 5.74) is 2.03. The maximum atomic E-state index is 5.37. The Morgan fingerprint density at radius 3 is 2.58 bits per heavy atom. The van der Waals surface area contributed by atoms with Crippen LogP contribution >= 0.6 is 0 Å². The number of likely N-dealkylation sites (N-methyl/N-ethyl adjacent to an activating group) is 1. The van der Waals surface area contributed by atoms with Gasteiger partial charge in [-0.05, 0) is 39.4 Å². The third-order valence-electron chi connectivity index (χ3n) is 2.93. The zero-order valence-electron chi connectivity index (χ0n) is 13.0. The van der Waals surface area contributed by atoms with Crippen LogP contribution in [0.5, 0.6) is 5.75 Å². The summed E-state index contributed by atoms with van der Waals surface area (Å²) >= 11 is 0. The minimum Gasteiger partial charge on any atom is -0.493 e. The van der Waals surface area contributed by atoms with Crippen molar-refractivity contribution in [2.75, 3.05) is 33.1 Å². The molecule has 0 saturated carbocycles. The fourth-order valence-corrected chi connectivity index (χ4v) is 2.23. The van der Waals surface area contributed by atoms with Crippen LogP contribution in [-0.2, 0) is 0 Å². The Bertz CT molecular complexity index is 381. The van der Waals surface area contributed by atoms with E-state index in [1.165, 1.54) is 0 Å². The first kappa shape index (κ1) is 15.8. The summed E-state index contributed by atoms with van der Waals surface area (Å²) in [5.74, 6) is 1.46. The number of aryl methyl sites for hydroxylation is 1. The number of ether oxygens (including phenoxy) is 1. The van der Waals surface area contributed by atoms with Gasteiger partial charge in [0.2, 0.25) is 0 Å². The van der Waals surface area contributed by atoms with Crippen LogP contribution in [0.15, 0.2) is 12.3 Å². The van der Waals surface area contributed by atoms with Crippen LogP contribution in [0, 0.1) is 12.8 Å². The van der Waals surface area contributed by atoms with Gasteiger partial charge in [-0.1, -0.05) is 13.8 Å². The maximum absolute atomic E-state index is 5.37. The molecule has 1 rings (SSSR count). The van der Waals surface area contributed by atoms with Crippen molar-refractivity contribution in [3.63, 3.8) is 0 Å². The molecule has 1 unspecified atom stereocenters. The summed E-state index contributed by atoms with van der Waals surface area (Å²) in [6.45, 7) is 7.50. The molecule has 0 bridgehead atoms. The van der Waals surface area contributed by atoms with Gasteiger partial charge in [-0.15, -0.1) is 0 Å². The first-order valence-electron chi connectivity index (χ1n) is 6.84. The second-order valence-corrected chi connectivity index (χ2v) is 5.76. The molecule has 1 N–H and O–H groups in total. The minimum absolute atomic E-state index is 0.408. The fraction of sp³-hybridized carbons (Fsp3) is 0.667. The normalized spacial score (nSPS) is 12.8. The van der Waals surface area contributed by atoms with E-state index >= 15 is 0 Å². The van der Waals surface area contributed by atoms with Crippen molar-refractivity contribution >= 4 is 5.69 Å². The Balaban J connectivity index is 2.85. The zero-order chi connectivity index (χ0) is 14.4. The smallest absolute Gasteiger partial charge is 0.160 e. The van der Waals surface area contributed by atoms with E-state index < -0.39 is 0 Å². The highest BCUT2D eigenvalue weighted by atomic mass is 16.5. The molecule has 0 fully saturated rings. The number of aromatic nitrogens is 1. The Morgan fingerprint density at radius 2 is 2.05 bits per heavy atom. The predicted octanol–water partition coefficient (Wildman–Crippen LogP) is 2.79. The molecule has 19 heavy (non-hydrogen) atoms. The van der Waals surface area contributed by atoms with Crippen LogP contribution in [0.2, 0.25) is 0 Å². The van der Waals surface area contributed by atoms with Crippen molar-refractivity contribution in [3.8, 4) is 5.75 Å². The molecule has 0 radical (unpaired) electrons. The number of rotatable bonds is 7. The SMILES string of the molecule is COc1cnc(C)cc1NC(CC(C)C)CN(C)C. The maximum Gasteiger partial charge on any atom is 0.160 e. The van der Waals surface area contributed by atoms with Gasteiger partial charge in [-0.3, -0.25) is 4.98 Å². The molecular formula is C15H27N3O. The highest BCUT2D eigenvalue weighted by Gasteiger charge is 2.14. The van der Waals surface area contributed by atoms with Crippen molar-refractivity contribution in [2.24, 2.45) is 5.92 Å². The molecule has 1 atom stereocenters. The number of pyridine rings is 1. The molecule has 0 aromatic carbocycles. The zero-order valence-corrected chi connectivity index (χ0v) is 13.0. The molecule has 0 aliphatic rings. The summed E-state index contributed by atoms with van der Waals surface area (Å²) in [6, 6.07) is 2.45. The standard InChI is InChI=1S/C15H27N3O/c1-11(2)7-13(10-18(4)5)17-14-8-12(3)16-9-15(14)19-6/h8-9,11,13H,7,10H2,1-6H3,(H,16,17). The van der Waals surface area contributed by atoms with Crippen molar-refractivity contribution in [3.05, 3.63) is 18.0 Å². The first-order valence-corrected chi connectivity index (χ1v) is 6.84. The van der Waals surface area contributed by atoms with Gasteiger partial charge in [-0.25, -0.2) is 0 Å². The van der Waals surface area contributed by atoms with Crippen LogP contribution in [0.3, 0.4) is 0 Å². The average Bonchev–Trinajstić information content (AvgIpc) is 2.27. The fourth-order valence-electron chi connectivity index (χ4n) is 2.23. The number of hydrogen-bond acceptors (Lipinski definition) is 4. The number of hydrogen-bond donors (Lipinski definition) is 1. The Morgan fingerprint density at radius 1 is 1.37 bits per heavy atom. The quantitative estimate of drug-likeness (QED) is 0.822. The van der Waals surface area contributed by atoms with Gasteiger partial charge in [-0.2, -0.15) is 0 Å². The lowest BCUT2D eigenvalue weighted by Crippen LogP contribution is -2.33. The van der Waals surface area contributed by atoms with E-state index in [9.17, 15) is 0 Å². The van der Waals surface area contributed by atoms with Crippen molar-refractivity contribution < 1.29 is 4.74 Å². The molecule has 0 amide bonds. The summed E-state index contributed by atoms with van der Waals surface area (Å²) in [4.78, 5) is 6.47. The Labute approximate surface area is 117 Å². The molecule has 0 saturated heterocycles. The lowest BCUT2D eigenvalue weighted by Gasteiger charge is -2.25. The van der Waals surface area contributed by atoms with E-state index in [-0.39, 0.29) is 0 Å². The molecule has 4 nitrogen and oxygen atoms in total. The average molecular weight is 265 g/mol. The Hall–Kier alpha value is -1.29. The van der Waals surface area contributed by atoms with E-state index in [0.717, 1.165) is 30.1 Å². The highest BCUT2D eigenvalue weighted by molar-refractivity contribution is 5.56. The van der Waals surface area contributed by atoms with E-state index in [0.29, 0.717) is 12.0 Å². The van der Waals surface area contributed by atoms with Crippen LogP contribution in [0.4, 0.5) is 5.69 Å². The van der Waals surface area contributed by atoms with Gasteiger partial charge >= 0.3 is 0 Å². The van der Waals surface area contributed by atoms with Crippen LogP contribution in [0.25, 0.3) is 0 Å². The second kappa shape index (κ2) is 7.34. The van der Waals surface area contributed by atoms with Crippen molar-refractivity contribution in [1.29, 1.82) is 0 Å². The lowest BCUT2D eigenvalue weighted by molar-refractivity contribution is 0.354. The summed E-state index contributed by atoms with van der Waals surface area (Å²) < 4.78 is 5.37. The highest BCUT2D eigenvalue weighted by Crippen LogP contribution is 2.25. The molecular weight excluding hydrogens is 238 g/mol. The number of nitrogens with one attached hydrogen (secondary N) is 1. The Kier molecular flexibility index (Phi) is 6.09. The largest absolute Gasteiger partial charge is 0.493 e. The molecule has 1 aromatic rings. The molecule has 0 spiro atoms. The first-order chi connectivity index (χ1) is 8.92. The lowest BCUT2D eigenvalue weighted by atomic mass is 10.0. The van der Waals surface area contributed by atoms with Crippen molar-refractivity contribution in [1.82, 2.24) is 9.88 Å². The topological polar surface area (TPSA) is 37.4 Å². The van der Waals surface area contributed by atoms with Crippen LogP contribution in [0.1, 0.15) is 26.0 Å².